The highest BCUT2D eigenvalue weighted by Gasteiger charge is 2.39. The minimum absolute atomic E-state index is 0.306. The maximum Gasteiger partial charge on any atom is 0.242 e. The molecule has 0 amide bonds. The van der Waals surface area contributed by atoms with Crippen molar-refractivity contribution < 1.29 is 8.42 Å². The summed E-state index contributed by atoms with van der Waals surface area (Å²) in [5, 5.41) is 7.13. The molecule has 0 saturated heterocycles. The van der Waals surface area contributed by atoms with Gasteiger partial charge in [-0.25, -0.2) is 12.7 Å². The molecule has 2 aliphatic rings. The van der Waals surface area contributed by atoms with E-state index >= 15 is 0 Å². The molecule has 2 bridgehead atoms. The molecule has 2 N–H and O–H groups in total. The van der Waals surface area contributed by atoms with E-state index in [0.717, 1.165) is 17.4 Å². The van der Waals surface area contributed by atoms with Gasteiger partial charge >= 0.3 is 0 Å². The number of hydrogen-bond acceptors (Lipinski definition) is 3. The summed E-state index contributed by atoms with van der Waals surface area (Å²) in [6.45, 7) is 1.80. The Labute approximate surface area is 149 Å². The lowest BCUT2D eigenvalue weighted by Crippen LogP contribution is -2.40. The highest BCUT2D eigenvalue weighted by atomic mass is 32.2. The van der Waals surface area contributed by atoms with Crippen LogP contribution in [-0.2, 0) is 10.0 Å². The monoisotopic (exact) mass is 367 g/mol. The molecule has 0 aromatic heterocycles. The SMILES string of the molecule is Cc1ccc(NC(=S)N[C@H]2C[C@H]3CC[C@@H]2C3)cc1S(=O)(=O)N(C)C. The van der Waals surface area contributed by atoms with Gasteiger partial charge in [0.2, 0.25) is 10.0 Å². The second kappa shape index (κ2) is 6.61. The first-order valence-corrected chi connectivity index (χ1v) is 10.2. The van der Waals surface area contributed by atoms with E-state index in [0.29, 0.717) is 21.7 Å². The number of fused-ring (bicyclic) bond motifs is 2. The molecule has 0 aliphatic heterocycles. The van der Waals surface area contributed by atoms with Gasteiger partial charge in [-0.3, -0.25) is 0 Å². The van der Waals surface area contributed by atoms with Gasteiger partial charge in [-0.2, -0.15) is 0 Å². The quantitative estimate of drug-likeness (QED) is 0.801. The number of sulfonamides is 1. The van der Waals surface area contributed by atoms with Gasteiger partial charge in [-0.15, -0.1) is 0 Å². The summed E-state index contributed by atoms with van der Waals surface area (Å²) in [6, 6.07) is 5.77. The Hall–Kier alpha value is -1.18. The molecule has 7 heteroatoms. The third-order valence-corrected chi connectivity index (χ3v) is 7.44. The van der Waals surface area contributed by atoms with E-state index < -0.39 is 10.0 Å². The molecule has 2 aliphatic carbocycles. The molecule has 24 heavy (non-hydrogen) atoms. The van der Waals surface area contributed by atoms with Crippen LogP contribution in [0.25, 0.3) is 0 Å². The number of nitrogens with one attached hydrogen (secondary N) is 2. The van der Waals surface area contributed by atoms with Gasteiger partial charge in [-0.1, -0.05) is 12.5 Å². The van der Waals surface area contributed by atoms with E-state index in [-0.39, 0.29) is 0 Å². The lowest BCUT2D eigenvalue weighted by molar-refractivity contribution is 0.392. The van der Waals surface area contributed by atoms with Crippen LogP contribution in [0.15, 0.2) is 23.1 Å². The van der Waals surface area contributed by atoms with Crippen molar-refractivity contribution in [2.75, 3.05) is 19.4 Å². The van der Waals surface area contributed by atoms with Gasteiger partial charge in [0.15, 0.2) is 5.11 Å². The number of aryl methyl sites for hydroxylation is 1. The lowest BCUT2D eigenvalue weighted by atomic mass is 9.96. The maximum atomic E-state index is 12.4. The molecule has 3 rings (SSSR count). The van der Waals surface area contributed by atoms with Crippen molar-refractivity contribution in [3.8, 4) is 0 Å². The van der Waals surface area contributed by atoms with Crippen molar-refractivity contribution in [3.63, 3.8) is 0 Å². The summed E-state index contributed by atoms with van der Waals surface area (Å²) in [5.74, 6) is 1.59. The smallest absolute Gasteiger partial charge is 0.242 e. The molecular formula is C17H25N3O2S2. The third kappa shape index (κ3) is 3.43. The van der Waals surface area contributed by atoms with E-state index in [1.807, 2.05) is 6.07 Å². The molecule has 2 saturated carbocycles. The van der Waals surface area contributed by atoms with Gasteiger partial charge in [-0.05, 0) is 67.9 Å². The Morgan fingerprint density at radius 1 is 1.25 bits per heavy atom. The van der Waals surface area contributed by atoms with Crippen molar-refractivity contribution >= 4 is 33.0 Å². The summed E-state index contributed by atoms with van der Waals surface area (Å²) in [6.07, 6.45) is 5.16. The topological polar surface area (TPSA) is 61.4 Å². The largest absolute Gasteiger partial charge is 0.359 e. The molecule has 0 heterocycles. The van der Waals surface area contributed by atoms with Crippen LogP contribution >= 0.6 is 12.2 Å². The van der Waals surface area contributed by atoms with Gasteiger partial charge in [0.05, 0.1) is 4.90 Å². The molecule has 0 radical (unpaired) electrons. The van der Waals surface area contributed by atoms with Gasteiger partial charge in [0.25, 0.3) is 0 Å². The zero-order valence-electron chi connectivity index (χ0n) is 14.4. The van der Waals surface area contributed by atoms with Gasteiger partial charge in [0, 0.05) is 25.8 Å². The van der Waals surface area contributed by atoms with Crippen LogP contribution in [0.5, 0.6) is 0 Å². The molecule has 2 fully saturated rings. The fourth-order valence-electron chi connectivity index (χ4n) is 3.91. The van der Waals surface area contributed by atoms with Crippen molar-refractivity contribution in [1.82, 2.24) is 9.62 Å². The molecular weight excluding hydrogens is 342 g/mol. The lowest BCUT2D eigenvalue weighted by Gasteiger charge is -2.24. The number of anilines is 1. The third-order valence-electron chi connectivity index (χ3n) is 5.26. The highest BCUT2D eigenvalue weighted by Crippen LogP contribution is 2.44. The van der Waals surface area contributed by atoms with Gasteiger partial charge in [0.1, 0.15) is 0 Å². The Balaban J connectivity index is 1.70. The Kier molecular flexibility index (Phi) is 4.86. The van der Waals surface area contributed by atoms with Crippen molar-refractivity contribution in [2.45, 2.75) is 43.5 Å². The van der Waals surface area contributed by atoms with Gasteiger partial charge < -0.3 is 10.6 Å². The van der Waals surface area contributed by atoms with Crippen LogP contribution in [0.4, 0.5) is 5.69 Å². The van der Waals surface area contributed by atoms with Crippen LogP contribution in [0.1, 0.15) is 31.2 Å². The van der Waals surface area contributed by atoms with Crippen molar-refractivity contribution in [2.24, 2.45) is 11.8 Å². The van der Waals surface area contributed by atoms with E-state index in [9.17, 15) is 8.42 Å². The summed E-state index contributed by atoms with van der Waals surface area (Å²) in [5.41, 5.74) is 1.42. The maximum absolute atomic E-state index is 12.4. The summed E-state index contributed by atoms with van der Waals surface area (Å²) in [7, 11) is -0.390. The van der Waals surface area contributed by atoms with Crippen molar-refractivity contribution in [3.05, 3.63) is 23.8 Å². The zero-order valence-corrected chi connectivity index (χ0v) is 16.0. The Morgan fingerprint density at radius 2 is 2.00 bits per heavy atom. The number of hydrogen-bond donors (Lipinski definition) is 2. The molecule has 1 aromatic rings. The van der Waals surface area contributed by atoms with Crippen LogP contribution < -0.4 is 10.6 Å². The second-order valence-corrected chi connectivity index (χ2v) is 9.68. The molecule has 0 spiro atoms. The fourth-order valence-corrected chi connectivity index (χ4v) is 5.32. The molecule has 132 valence electrons. The Bertz CT molecular complexity index is 746. The first-order chi connectivity index (χ1) is 11.3. The predicted octanol–water partition coefficient (Wildman–Crippen LogP) is 2.72. The molecule has 0 unspecified atom stereocenters. The number of rotatable bonds is 4. The van der Waals surface area contributed by atoms with Crippen LogP contribution in [0.3, 0.4) is 0 Å². The predicted molar refractivity (Wildman–Crippen MR) is 101 cm³/mol. The standard InChI is InChI=1S/C17H25N3O2S2/c1-11-4-7-14(10-16(11)24(21,22)20(2)3)18-17(23)19-15-9-12-5-6-13(15)8-12/h4,7,10,12-13,15H,5-6,8-9H2,1-3H3,(H2,18,19,23)/t12-,13+,15-/m0/s1. The molecule has 1 aromatic carbocycles. The van der Waals surface area contributed by atoms with Crippen LogP contribution in [0, 0.1) is 18.8 Å². The number of nitrogens with zero attached hydrogens (tertiary/aromatic N) is 1. The first-order valence-electron chi connectivity index (χ1n) is 8.38. The minimum Gasteiger partial charge on any atom is -0.359 e. The highest BCUT2D eigenvalue weighted by molar-refractivity contribution is 7.89. The average molecular weight is 368 g/mol. The fraction of sp³-hybridized carbons (Fsp3) is 0.588. The van der Waals surface area contributed by atoms with E-state index in [2.05, 4.69) is 10.6 Å². The average Bonchev–Trinajstić information content (AvgIpc) is 3.11. The molecule has 5 nitrogen and oxygen atoms in total. The zero-order chi connectivity index (χ0) is 17.5. The van der Waals surface area contributed by atoms with E-state index in [4.69, 9.17) is 12.2 Å². The minimum atomic E-state index is -3.47. The summed E-state index contributed by atoms with van der Waals surface area (Å²) >= 11 is 5.43. The number of thiocarbonyl (C=S) groups is 1. The van der Waals surface area contributed by atoms with Crippen LogP contribution in [-0.4, -0.2) is 38.0 Å². The van der Waals surface area contributed by atoms with E-state index in [1.54, 1.807) is 19.1 Å². The summed E-state index contributed by atoms with van der Waals surface area (Å²) in [4.78, 5) is 0.306. The summed E-state index contributed by atoms with van der Waals surface area (Å²) < 4.78 is 26.0. The second-order valence-electron chi connectivity index (χ2n) is 7.15. The Morgan fingerprint density at radius 3 is 2.58 bits per heavy atom. The first kappa shape index (κ1) is 17.6. The van der Waals surface area contributed by atoms with E-state index in [1.165, 1.54) is 44.1 Å². The number of benzene rings is 1. The van der Waals surface area contributed by atoms with Crippen molar-refractivity contribution in [1.29, 1.82) is 0 Å². The van der Waals surface area contributed by atoms with Crippen LogP contribution in [0.2, 0.25) is 0 Å². The molecule has 3 atom stereocenters. The normalized spacial score (nSPS) is 25.9.